The fourth-order valence-corrected chi connectivity index (χ4v) is 2.58. The molecule has 0 saturated carbocycles. The van der Waals surface area contributed by atoms with Crippen LogP contribution in [0.4, 0.5) is 4.79 Å². The Kier molecular flexibility index (Phi) is 6.40. The average molecular weight is 321 g/mol. The molecule has 0 N–H and O–H groups in total. The van der Waals surface area contributed by atoms with Gasteiger partial charge < -0.3 is 14.2 Å². The van der Waals surface area contributed by atoms with Crippen molar-refractivity contribution in [1.29, 1.82) is 0 Å². The summed E-state index contributed by atoms with van der Waals surface area (Å²) in [5, 5.41) is 0. The van der Waals surface area contributed by atoms with Crippen molar-refractivity contribution < 1.29 is 23.8 Å². The molecule has 0 bridgehead atoms. The predicted molar refractivity (Wildman–Crippen MR) is 83.8 cm³/mol. The maximum atomic E-state index is 12.1. The van der Waals surface area contributed by atoms with E-state index in [4.69, 9.17) is 14.2 Å². The summed E-state index contributed by atoms with van der Waals surface area (Å²) in [7, 11) is 0. The third kappa shape index (κ3) is 4.69. The second kappa shape index (κ2) is 8.53. The highest BCUT2D eigenvalue weighted by Crippen LogP contribution is 2.23. The molecule has 6 heteroatoms. The van der Waals surface area contributed by atoms with E-state index in [1.807, 2.05) is 30.3 Å². The largest absolute Gasteiger partial charge is 0.464 e. The molecule has 1 aliphatic rings. The van der Waals surface area contributed by atoms with Crippen LogP contribution in [0.5, 0.6) is 0 Å². The molecule has 1 aromatic carbocycles. The van der Waals surface area contributed by atoms with Crippen LogP contribution in [0.2, 0.25) is 0 Å². The Labute approximate surface area is 136 Å². The minimum atomic E-state index is -0.644. The molecule has 23 heavy (non-hydrogen) atoms. The summed E-state index contributed by atoms with van der Waals surface area (Å²) in [5.74, 6) is -0.411. The third-order valence-electron chi connectivity index (χ3n) is 3.65. The summed E-state index contributed by atoms with van der Waals surface area (Å²) < 4.78 is 15.9. The predicted octanol–water partition coefficient (Wildman–Crippen LogP) is 2.37. The summed E-state index contributed by atoms with van der Waals surface area (Å²) in [4.78, 5) is 25.5. The zero-order chi connectivity index (χ0) is 16.7. The van der Waals surface area contributed by atoms with E-state index in [1.165, 1.54) is 4.90 Å². The van der Waals surface area contributed by atoms with E-state index < -0.39 is 18.1 Å². The molecule has 1 saturated heterocycles. The van der Waals surface area contributed by atoms with Crippen molar-refractivity contribution in [3.63, 3.8) is 0 Å². The number of rotatable bonds is 6. The molecule has 6 nitrogen and oxygen atoms in total. The molecule has 2 rings (SSSR count). The first-order chi connectivity index (χ1) is 11.2. The molecule has 1 heterocycles. The van der Waals surface area contributed by atoms with E-state index in [2.05, 4.69) is 0 Å². The number of esters is 1. The minimum Gasteiger partial charge on any atom is -0.464 e. The van der Waals surface area contributed by atoms with Crippen molar-refractivity contribution in [2.75, 3.05) is 19.8 Å². The fourth-order valence-electron chi connectivity index (χ4n) is 2.58. The maximum absolute atomic E-state index is 12.1. The van der Waals surface area contributed by atoms with Gasteiger partial charge in [-0.15, -0.1) is 0 Å². The number of hydrogen-bond acceptors (Lipinski definition) is 5. The normalized spacial score (nSPS) is 20.3. The van der Waals surface area contributed by atoms with Crippen LogP contribution in [-0.4, -0.2) is 48.9 Å². The van der Waals surface area contributed by atoms with Gasteiger partial charge in [-0.2, -0.15) is 0 Å². The Morgan fingerprint density at radius 1 is 1.13 bits per heavy atom. The Morgan fingerprint density at radius 3 is 2.48 bits per heavy atom. The van der Waals surface area contributed by atoms with E-state index >= 15 is 0 Å². The van der Waals surface area contributed by atoms with Crippen LogP contribution < -0.4 is 0 Å². The quantitative estimate of drug-likeness (QED) is 0.753. The maximum Gasteiger partial charge on any atom is 0.410 e. The summed E-state index contributed by atoms with van der Waals surface area (Å²) in [6, 6.07) is 9.13. The number of ether oxygens (including phenoxy) is 3. The molecule has 1 fully saturated rings. The molecular weight excluding hydrogens is 298 g/mol. The number of benzene rings is 1. The lowest BCUT2D eigenvalue weighted by molar-refractivity contribution is -0.148. The number of carbonyl (C=O) groups is 2. The zero-order valence-electron chi connectivity index (χ0n) is 13.6. The van der Waals surface area contributed by atoms with Gasteiger partial charge >= 0.3 is 12.1 Å². The van der Waals surface area contributed by atoms with Crippen LogP contribution in [0, 0.1) is 0 Å². The van der Waals surface area contributed by atoms with E-state index in [0.29, 0.717) is 19.6 Å². The second-order valence-corrected chi connectivity index (χ2v) is 5.27. The first kappa shape index (κ1) is 17.3. The number of nitrogens with zero attached hydrogens (tertiary/aromatic N) is 1. The lowest BCUT2D eigenvalue weighted by Gasteiger charge is -2.21. The van der Waals surface area contributed by atoms with Crippen LogP contribution in [0.25, 0.3) is 0 Å². The number of carbonyl (C=O) groups excluding carboxylic acids is 2. The van der Waals surface area contributed by atoms with Gasteiger partial charge in [0, 0.05) is 6.42 Å². The molecule has 1 aromatic rings. The molecule has 1 amide bonds. The van der Waals surface area contributed by atoms with E-state index in [9.17, 15) is 9.59 Å². The van der Waals surface area contributed by atoms with Crippen LogP contribution >= 0.6 is 0 Å². The summed E-state index contributed by atoms with van der Waals surface area (Å²) in [6.07, 6.45) is -0.296. The molecule has 0 radical (unpaired) electrons. The van der Waals surface area contributed by atoms with Crippen LogP contribution in [0.15, 0.2) is 30.3 Å². The topological polar surface area (TPSA) is 65.1 Å². The number of amides is 1. The smallest absolute Gasteiger partial charge is 0.410 e. The van der Waals surface area contributed by atoms with E-state index in [1.54, 1.807) is 13.8 Å². The highest BCUT2D eigenvalue weighted by molar-refractivity contribution is 5.82. The first-order valence-electron chi connectivity index (χ1n) is 7.91. The average Bonchev–Trinajstić information content (AvgIpc) is 2.99. The van der Waals surface area contributed by atoms with Crippen molar-refractivity contribution >= 4 is 12.1 Å². The summed E-state index contributed by atoms with van der Waals surface area (Å²) in [6.45, 7) is 4.79. The zero-order valence-corrected chi connectivity index (χ0v) is 13.6. The summed E-state index contributed by atoms with van der Waals surface area (Å²) in [5.41, 5.74) is 1.05. The lowest BCUT2D eigenvalue weighted by atomic mass is 10.2. The van der Waals surface area contributed by atoms with E-state index in [-0.39, 0.29) is 19.3 Å². The van der Waals surface area contributed by atoms with Crippen LogP contribution in [-0.2, 0) is 25.6 Å². The number of hydrogen-bond donors (Lipinski definition) is 0. The van der Waals surface area contributed by atoms with Crippen LogP contribution in [0.3, 0.4) is 0 Å². The molecular formula is C17H23NO5. The monoisotopic (exact) mass is 321 g/mol. The van der Waals surface area contributed by atoms with Crippen molar-refractivity contribution in [3.8, 4) is 0 Å². The van der Waals surface area contributed by atoms with Crippen molar-refractivity contribution in [1.82, 2.24) is 4.90 Å². The standard InChI is InChI=1S/C17H23NO5/c1-3-21-16(19)15-10-14(11-18(15)17(20)22-4-2)23-12-13-8-6-5-7-9-13/h5-9,14-15H,3-4,10-12H2,1-2H3/t14-,15+/m1/s1. The molecule has 2 atom stereocenters. The van der Waals surface area contributed by atoms with Gasteiger partial charge in [0.1, 0.15) is 6.04 Å². The SMILES string of the molecule is CCOC(=O)[C@@H]1C[C@@H](OCc2ccccc2)CN1C(=O)OCC. The highest BCUT2D eigenvalue weighted by Gasteiger charge is 2.41. The van der Waals surface area contributed by atoms with Gasteiger partial charge in [-0.1, -0.05) is 30.3 Å². The lowest BCUT2D eigenvalue weighted by Crippen LogP contribution is -2.41. The van der Waals surface area contributed by atoms with Crippen molar-refractivity contribution in [2.45, 2.75) is 39.0 Å². The Hall–Kier alpha value is -2.08. The van der Waals surface area contributed by atoms with Crippen molar-refractivity contribution in [3.05, 3.63) is 35.9 Å². The molecule has 0 unspecified atom stereocenters. The van der Waals surface area contributed by atoms with E-state index in [0.717, 1.165) is 5.56 Å². The first-order valence-corrected chi connectivity index (χ1v) is 7.91. The van der Waals surface area contributed by atoms with Gasteiger partial charge in [0.05, 0.1) is 32.5 Å². The highest BCUT2D eigenvalue weighted by atomic mass is 16.6. The van der Waals surface area contributed by atoms with Gasteiger partial charge in [-0.25, -0.2) is 9.59 Å². The fraction of sp³-hybridized carbons (Fsp3) is 0.529. The molecule has 0 aromatic heterocycles. The van der Waals surface area contributed by atoms with Gasteiger partial charge in [0.25, 0.3) is 0 Å². The second-order valence-electron chi connectivity index (χ2n) is 5.27. The minimum absolute atomic E-state index is 0.214. The summed E-state index contributed by atoms with van der Waals surface area (Å²) >= 11 is 0. The van der Waals surface area contributed by atoms with Gasteiger partial charge in [-0.05, 0) is 19.4 Å². The molecule has 0 aliphatic carbocycles. The van der Waals surface area contributed by atoms with Crippen LogP contribution in [0.1, 0.15) is 25.8 Å². The number of likely N-dealkylation sites (tertiary alicyclic amines) is 1. The Morgan fingerprint density at radius 2 is 1.83 bits per heavy atom. The Balaban J connectivity index is 1.97. The Bertz CT molecular complexity index is 493. The molecule has 126 valence electrons. The molecule has 0 spiro atoms. The van der Waals surface area contributed by atoms with Crippen molar-refractivity contribution in [2.24, 2.45) is 0 Å². The molecule has 1 aliphatic heterocycles. The van der Waals surface area contributed by atoms with Gasteiger partial charge in [-0.3, -0.25) is 4.90 Å². The van der Waals surface area contributed by atoms with Gasteiger partial charge in [0.15, 0.2) is 0 Å². The third-order valence-corrected chi connectivity index (χ3v) is 3.65. The van der Waals surface area contributed by atoms with Gasteiger partial charge in [0.2, 0.25) is 0 Å².